The van der Waals surface area contributed by atoms with E-state index >= 15 is 0 Å². The number of hydrogen-bond donors (Lipinski definition) is 1. The fourth-order valence-electron chi connectivity index (χ4n) is 2.22. The van der Waals surface area contributed by atoms with Crippen molar-refractivity contribution in [2.75, 3.05) is 6.54 Å². The van der Waals surface area contributed by atoms with E-state index in [1.807, 2.05) is 25.2 Å². The Balaban J connectivity index is 2.43. The topological polar surface area (TPSA) is 29.9 Å². The average Bonchev–Trinajstić information content (AvgIpc) is 2.81. The summed E-state index contributed by atoms with van der Waals surface area (Å²) in [5, 5.41) is 7.57. The Kier molecular flexibility index (Phi) is 4.32. The van der Waals surface area contributed by atoms with Gasteiger partial charge in [0.1, 0.15) is 5.82 Å². The molecule has 1 unspecified atom stereocenters. The molecule has 3 nitrogen and oxygen atoms in total. The largest absolute Gasteiger partial charge is 0.305 e. The zero-order valence-electron chi connectivity index (χ0n) is 11.7. The maximum absolute atomic E-state index is 14.3. The minimum Gasteiger partial charge on any atom is -0.305 e. The molecule has 1 atom stereocenters. The van der Waals surface area contributed by atoms with Crippen molar-refractivity contribution >= 4 is 0 Å². The molecular formula is C15H20FN3. The van der Waals surface area contributed by atoms with E-state index in [0.717, 1.165) is 18.7 Å². The quantitative estimate of drug-likeness (QED) is 0.896. The van der Waals surface area contributed by atoms with Crippen molar-refractivity contribution < 1.29 is 4.39 Å². The number of aryl methyl sites for hydroxylation is 2. The van der Waals surface area contributed by atoms with Crippen LogP contribution in [-0.2, 0) is 7.05 Å². The predicted octanol–water partition coefficient (Wildman–Crippen LogP) is 2.96. The van der Waals surface area contributed by atoms with Gasteiger partial charge in [-0.2, -0.15) is 5.10 Å². The first kappa shape index (κ1) is 13.7. The fourth-order valence-corrected chi connectivity index (χ4v) is 2.22. The summed E-state index contributed by atoms with van der Waals surface area (Å²) in [6.07, 6.45) is 2.74. The Morgan fingerprint density at radius 3 is 2.79 bits per heavy atom. The average molecular weight is 261 g/mol. The van der Waals surface area contributed by atoms with Crippen LogP contribution in [0.25, 0.3) is 0 Å². The van der Waals surface area contributed by atoms with E-state index in [2.05, 4.69) is 17.3 Å². The third-order valence-electron chi connectivity index (χ3n) is 3.29. The molecule has 1 aromatic heterocycles. The van der Waals surface area contributed by atoms with Gasteiger partial charge in [-0.05, 0) is 31.5 Å². The molecular weight excluding hydrogens is 241 g/mol. The molecule has 2 rings (SSSR count). The van der Waals surface area contributed by atoms with Gasteiger partial charge < -0.3 is 5.32 Å². The van der Waals surface area contributed by atoms with Crippen molar-refractivity contribution in [1.82, 2.24) is 15.1 Å². The number of benzene rings is 1. The zero-order chi connectivity index (χ0) is 13.8. The molecule has 0 fully saturated rings. The molecule has 0 aliphatic rings. The van der Waals surface area contributed by atoms with Gasteiger partial charge >= 0.3 is 0 Å². The van der Waals surface area contributed by atoms with Crippen LogP contribution in [0.3, 0.4) is 0 Å². The third kappa shape index (κ3) is 2.84. The van der Waals surface area contributed by atoms with Crippen molar-refractivity contribution in [2.24, 2.45) is 7.05 Å². The van der Waals surface area contributed by atoms with E-state index in [-0.39, 0.29) is 11.9 Å². The van der Waals surface area contributed by atoms with Gasteiger partial charge in [0, 0.05) is 18.8 Å². The first-order valence-corrected chi connectivity index (χ1v) is 6.61. The zero-order valence-corrected chi connectivity index (χ0v) is 11.7. The summed E-state index contributed by atoms with van der Waals surface area (Å²) in [4.78, 5) is 0. The number of hydrogen-bond acceptors (Lipinski definition) is 2. The Hall–Kier alpha value is -1.68. The summed E-state index contributed by atoms with van der Waals surface area (Å²) in [6, 6.07) is 7.29. The van der Waals surface area contributed by atoms with Gasteiger partial charge in [-0.25, -0.2) is 4.39 Å². The van der Waals surface area contributed by atoms with E-state index in [1.165, 1.54) is 0 Å². The Morgan fingerprint density at radius 1 is 1.37 bits per heavy atom. The summed E-state index contributed by atoms with van der Waals surface area (Å²) < 4.78 is 16.1. The van der Waals surface area contributed by atoms with Crippen LogP contribution >= 0.6 is 0 Å². The number of halogens is 1. The molecule has 0 saturated heterocycles. The Labute approximate surface area is 113 Å². The van der Waals surface area contributed by atoms with Crippen molar-refractivity contribution in [1.29, 1.82) is 0 Å². The Morgan fingerprint density at radius 2 is 2.16 bits per heavy atom. The molecule has 1 N–H and O–H groups in total. The summed E-state index contributed by atoms with van der Waals surface area (Å²) in [6.45, 7) is 4.72. The second kappa shape index (κ2) is 5.97. The molecule has 1 heterocycles. The highest BCUT2D eigenvalue weighted by molar-refractivity contribution is 5.32. The monoisotopic (exact) mass is 261 g/mol. The molecule has 0 saturated carbocycles. The fraction of sp³-hybridized carbons (Fsp3) is 0.400. The minimum atomic E-state index is -0.160. The first-order chi connectivity index (χ1) is 9.15. The highest BCUT2D eigenvalue weighted by Crippen LogP contribution is 2.25. The van der Waals surface area contributed by atoms with Gasteiger partial charge in [-0.15, -0.1) is 0 Å². The predicted molar refractivity (Wildman–Crippen MR) is 74.5 cm³/mol. The molecule has 0 radical (unpaired) electrons. The summed E-state index contributed by atoms with van der Waals surface area (Å²) in [5.74, 6) is -0.141. The van der Waals surface area contributed by atoms with Gasteiger partial charge in [0.25, 0.3) is 0 Å². The molecule has 2 aromatic rings. The smallest absolute Gasteiger partial charge is 0.131 e. The molecule has 0 amide bonds. The SMILES string of the molecule is CCCNC(c1cccc(C)c1F)c1ccnn1C. The van der Waals surface area contributed by atoms with Crippen molar-refractivity contribution in [2.45, 2.75) is 26.3 Å². The van der Waals surface area contributed by atoms with Gasteiger partial charge in [0.2, 0.25) is 0 Å². The third-order valence-corrected chi connectivity index (χ3v) is 3.29. The maximum atomic E-state index is 14.3. The van der Waals surface area contributed by atoms with Crippen LogP contribution < -0.4 is 5.32 Å². The maximum Gasteiger partial charge on any atom is 0.131 e. The van der Waals surface area contributed by atoms with E-state index in [4.69, 9.17) is 0 Å². The van der Waals surface area contributed by atoms with E-state index in [0.29, 0.717) is 11.1 Å². The number of nitrogens with one attached hydrogen (secondary N) is 1. The Bertz CT molecular complexity index is 548. The minimum absolute atomic E-state index is 0.141. The molecule has 1 aromatic carbocycles. The van der Waals surface area contributed by atoms with Crippen LogP contribution in [0.4, 0.5) is 4.39 Å². The van der Waals surface area contributed by atoms with E-state index < -0.39 is 0 Å². The van der Waals surface area contributed by atoms with Crippen LogP contribution in [-0.4, -0.2) is 16.3 Å². The van der Waals surface area contributed by atoms with Crippen LogP contribution in [0.2, 0.25) is 0 Å². The van der Waals surface area contributed by atoms with Crippen LogP contribution in [0.15, 0.2) is 30.5 Å². The lowest BCUT2D eigenvalue weighted by Gasteiger charge is -2.20. The van der Waals surface area contributed by atoms with Gasteiger partial charge in [-0.3, -0.25) is 4.68 Å². The molecule has 0 aliphatic heterocycles. The number of rotatable bonds is 5. The van der Waals surface area contributed by atoms with Crippen molar-refractivity contribution in [3.05, 3.63) is 53.1 Å². The summed E-state index contributed by atoms with van der Waals surface area (Å²) >= 11 is 0. The van der Waals surface area contributed by atoms with Crippen molar-refractivity contribution in [3.63, 3.8) is 0 Å². The molecule has 102 valence electrons. The van der Waals surface area contributed by atoms with Gasteiger partial charge in [0.05, 0.1) is 11.7 Å². The molecule has 19 heavy (non-hydrogen) atoms. The standard InChI is InChI=1S/C15H20FN3/c1-4-9-17-15(13-8-10-18-19(13)3)12-7-5-6-11(2)14(12)16/h5-8,10,15,17H,4,9H2,1-3H3. The number of aromatic nitrogens is 2. The van der Waals surface area contributed by atoms with Crippen molar-refractivity contribution in [3.8, 4) is 0 Å². The highest BCUT2D eigenvalue weighted by Gasteiger charge is 2.20. The second-order valence-electron chi connectivity index (χ2n) is 4.74. The van der Waals surface area contributed by atoms with E-state index in [9.17, 15) is 4.39 Å². The molecule has 0 bridgehead atoms. The lowest BCUT2D eigenvalue weighted by molar-refractivity contribution is 0.517. The number of nitrogens with zero attached hydrogens (tertiary/aromatic N) is 2. The van der Waals surface area contributed by atoms with E-state index in [1.54, 1.807) is 23.9 Å². The second-order valence-corrected chi connectivity index (χ2v) is 4.74. The molecule has 0 aliphatic carbocycles. The summed E-state index contributed by atoms with van der Waals surface area (Å²) in [5.41, 5.74) is 2.32. The van der Waals surface area contributed by atoms with Gasteiger partial charge in [-0.1, -0.05) is 25.1 Å². The normalized spacial score (nSPS) is 12.6. The molecule has 0 spiro atoms. The lowest BCUT2D eigenvalue weighted by Crippen LogP contribution is -2.26. The first-order valence-electron chi connectivity index (χ1n) is 6.61. The van der Waals surface area contributed by atoms with Gasteiger partial charge in [0.15, 0.2) is 0 Å². The van der Waals surface area contributed by atoms with Crippen LogP contribution in [0.5, 0.6) is 0 Å². The molecule has 4 heteroatoms. The highest BCUT2D eigenvalue weighted by atomic mass is 19.1. The lowest BCUT2D eigenvalue weighted by atomic mass is 10.0. The van der Waals surface area contributed by atoms with Crippen LogP contribution in [0.1, 0.15) is 36.2 Å². The summed E-state index contributed by atoms with van der Waals surface area (Å²) in [7, 11) is 1.88. The van der Waals surface area contributed by atoms with Crippen LogP contribution in [0, 0.1) is 12.7 Å².